The van der Waals surface area contributed by atoms with Gasteiger partial charge in [0, 0.05) is 5.57 Å². The van der Waals surface area contributed by atoms with Crippen molar-refractivity contribution in [3.05, 3.63) is 12.2 Å². The summed E-state index contributed by atoms with van der Waals surface area (Å²) in [7, 11) is 0. The molecule has 0 aromatic carbocycles. The second-order valence-corrected chi connectivity index (χ2v) is 1.59. The molecule has 0 N–H and O–H groups in total. The number of hydrogen-bond donors (Lipinski definition) is 0. The molecule has 4 nitrogen and oxygen atoms in total. The largest absolute Gasteiger partial charge is 0.430 e. The van der Waals surface area contributed by atoms with Gasteiger partial charge < -0.3 is 9.47 Å². The van der Waals surface area contributed by atoms with E-state index < -0.39 is 5.97 Å². The summed E-state index contributed by atoms with van der Waals surface area (Å²) in [6, 6.07) is 0. The summed E-state index contributed by atoms with van der Waals surface area (Å²) in [6.45, 7) is 4.67. The first-order chi connectivity index (χ1) is 4.68. The van der Waals surface area contributed by atoms with Crippen LogP contribution in [0.1, 0.15) is 6.92 Å². The van der Waals surface area contributed by atoms with Crippen molar-refractivity contribution in [2.45, 2.75) is 6.92 Å². The number of carbonyl (C=O) groups excluding carboxylic acids is 2. The second kappa shape index (κ2) is 4.55. The summed E-state index contributed by atoms with van der Waals surface area (Å²) in [5, 5.41) is 0. The Labute approximate surface area is 58.4 Å². The van der Waals surface area contributed by atoms with E-state index in [1.165, 1.54) is 6.92 Å². The molecule has 0 saturated heterocycles. The lowest BCUT2D eigenvalue weighted by Crippen LogP contribution is -2.07. The molecule has 0 saturated carbocycles. The summed E-state index contributed by atoms with van der Waals surface area (Å²) < 4.78 is 8.44. The van der Waals surface area contributed by atoms with E-state index in [1.807, 2.05) is 0 Å². The molecule has 56 valence electrons. The van der Waals surface area contributed by atoms with Crippen LogP contribution >= 0.6 is 0 Å². The highest BCUT2D eigenvalue weighted by molar-refractivity contribution is 5.86. The summed E-state index contributed by atoms with van der Waals surface area (Å²) >= 11 is 0. The minimum Gasteiger partial charge on any atom is -0.430 e. The predicted molar refractivity (Wildman–Crippen MR) is 32.9 cm³/mol. The smallest absolute Gasteiger partial charge is 0.335 e. The number of hydrogen-bond acceptors (Lipinski definition) is 4. The highest BCUT2D eigenvalue weighted by Crippen LogP contribution is 1.90. The van der Waals surface area contributed by atoms with Crippen molar-refractivity contribution >= 4 is 12.4 Å². The Balaban J connectivity index is 3.40. The molecule has 0 radical (unpaired) electrons. The van der Waals surface area contributed by atoms with E-state index in [-0.39, 0.29) is 18.8 Å². The van der Waals surface area contributed by atoms with Crippen LogP contribution < -0.4 is 0 Å². The standard InChI is InChI=1S/C6H8O4/c1-5(2)6(8)10-4-9-3-7/h3H,1,4H2,2H3. The lowest BCUT2D eigenvalue weighted by Gasteiger charge is -2.00. The van der Waals surface area contributed by atoms with Crippen LogP contribution in [0.3, 0.4) is 0 Å². The normalized spacial score (nSPS) is 8.10. The zero-order valence-electron chi connectivity index (χ0n) is 5.62. The molecule has 0 amide bonds. The van der Waals surface area contributed by atoms with Crippen LogP contribution in [-0.2, 0) is 19.1 Å². The van der Waals surface area contributed by atoms with Crippen molar-refractivity contribution < 1.29 is 19.1 Å². The van der Waals surface area contributed by atoms with Crippen LogP contribution in [0, 0.1) is 0 Å². The fourth-order valence-corrected chi connectivity index (χ4v) is 0.239. The zero-order chi connectivity index (χ0) is 7.98. The average Bonchev–Trinajstić information content (AvgIpc) is 1.88. The molecular formula is C6H8O4. The van der Waals surface area contributed by atoms with E-state index in [0.29, 0.717) is 0 Å². The third kappa shape index (κ3) is 3.65. The van der Waals surface area contributed by atoms with Gasteiger partial charge in [-0.05, 0) is 6.92 Å². The van der Waals surface area contributed by atoms with Gasteiger partial charge in [0.25, 0.3) is 6.47 Å². The third-order valence-electron chi connectivity index (χ3n) is 0.675. The van der Waals surface area contributed by atoms with Crippen molar-refractivity contribution in [3.63, 3.8) is 0 Å². The second-order valence-electron chi connectivity index (χ2n) is 1.59. The quantitative estimate of drug-likeness (QED) is 0.186. The number of carbonyl (C=O) groups is 2. The Bertz CT molecular complexity index is 150. The molecular weight excluding hydrogens is 136 g/mol. The van der Waals surface area contributed by atoms with E-state index in [2.05, 4.69) is 16.1 Å². The van der Waals surface area contributed by atoms with Gasteiger partial charge >= 0.3 is 5.97 Å². The van der Waals surface area contributed by atoms with Crippen molar-refractivity contribution in [2.24, 2.45) is 0 Å². The molecule has 0 spiro atoms. The molecule has 10 heavy (non-hydrogen) atoms. The van der Waals surface area contributed by atoms with Crippen LogP contribution in [0.5, 0.6) is 0 Å². The summed E-state index contributed by atoms with van der Waals surface area (Å²) in [6.07, 6.45) is 0. The fourth-order valence-electron chi connectivity index (χ4n) is 0.239. The molecule has 0 rings (SSSR count). The Kier molecular flexibility index (Phi) is 3.95. The monoisotopic (exact) mass is 144 g/mol. The maximum atomic E-state index is 10.5. The number of ether oxygens (including phenoxy) is 2. The molecule has 0 aromatic rings. The summed E-state index contributed by atoms with van der Waals surface area (Å²) in [5.41, 5.74) is 0.273. The van der Waals surface area contributed by atoms with E-state index in [4.69, 9.17) is 0 Å². The molecule has 0 unspecified atom stereocenters. The van der Waals surface area contributed by atoms with Gasteiger partial charge in [-0.2, -0.15) is 0 Å². The van der Waals surface area contributed by atoms with Crippen molar-refractivity contribution in [1.29, 1.82) is 0 Å². The minimum absolute atomic E-state index is 0.200. The first kappa shape index (κ1) is 8.68. The lowest BCUT2D eigenvalue weighted by atomic mass is 10.4. The van der Waals surface area contributed by atoms with Gasteiger partial charge in [0.1, 0.15) is 0 Å². The highest BCUT2D eigenvalue weighted by Gasteiger charge is 2.00. The van der Waals surface area contributed by atoms with Gasteiger partial charge in [-0.25, -0.2) is 4.79 Å². The van der Waals surface area contributed by atoms with Crippen LogP contribution in [0.15, 0.2) is 12.2 Å². The fraction of sp³-hybridized carbons (Fsp3) is 0.333. The van der Waals surface area contributed by atoms with Crippen molar-refractivity contribution in [1.82, 2.24) is 0 Å². The lowest BCUT2D eigenvalue weighted by molar-refractivity contribution is -0.156. The van der Waals surface area contributed by atoms with Gasteiger partial charge in [-0.3, -0.25) is 4.79 Å². The van der Waals surface area contributed by atoms with Gasteiger partial charge in [-0.15, -0.1) is 0 Å². The van der Waals surface area contributed by atoms with E-state index in [0.717, 1.165) is 0 Å². The average molecular weight is 144 g/mol. The SMILES string of the molecule is C=C(C)C(=O)OCOC=O. The zero-order valence-corrected chi connectivity index (χ0v) is 5.62. The number of rotatable bonds is 4. The Morgan fingerprint density at radius 3 is 2.70 bits per heavy atom. The van der Waals surface area contributed by atoms with Gasteiger partial charge in [0.2, 0.25) is 6.79 Å². The first-order valence-corrected chi connectivity index (χ1v) is 2.56. The highest BCUT2D eigenvalue weighted by atomic mass is 16.7. The third-order valence-corrected chi connectivity index (χ3v) is 0.675. The maximum Gasteiger partial charge on any atom is 0.335 e. The molecule has 0 aromatic heterocycles. The maximum absolute atomic E-state index is 10.5. The molecule has 0 aliphatic heterocycles. The summed E-state index contributed by atoms with van der Waals surface area (Å²) in [4.78, 5) is 20.0. The van der Waals surface area contributed by atoms with Crippen LogP contribution in [0.25, 0.3) is 0 Å². The Morgan fingerprint density at radius 1 is 1.70 bits per heavy atom. The summed E-state index contributed by atoms with van der Waals surface area (Å²) in [5.74, 6) is -0.568. The molecule has 0 bridgehead atoms. The first-order valence-electron chi connectivity index (χ1n) is 2.56. The number of esters is 1. The van der Waals surface area contributed by atoms with Crippen LogP contribution in [-0.4, -0.2) is 19.2 Å². The Morgan fingerprint density at radius 2 is 2.30 bits per heavy atom. The molecule has 0 heterocycles. The van der Waals surface area contributed by atoms with Crippen molar-refractivity contribution in [2.75, 3.05) is 6.79 Å². The van der Waals surface area contributed by atoms with E-state index in [9.17, 15) is 9.59 Å². The van der Waals surface area contributed by atoms with Crippen LogP contribution in [0.2, 0.25) is 0 Å². The topological polar surface area (TPSA) is 52.6 Å². The van der Waals surface area contributed by atoms with Crippen molar-refractivity contribution in [3.8, 4) is 0 Å². The molecule has 0 fully saturated rings. The minimum atomic E-state index is -0.568. The van der Waals surface area contributed by atoms with E-state index in [1.54, 1.807) is 0 Å². The predicted octanol–water partition coefficient (Wildman–Crippen LogP) is 0.236. The van der Waals surface area contributed by atoms with Gasteiger partial charge in [-0.1, -0.05) is 6.58 Å². The molecule has 4 heteroatoms. The molecule has 0 aliphatic carbocycles. The van der Waals surface area contributed by atoms with Gasteiger partial charge in [0.15, 0.2) is 0 Å². The van der Waals surface area contributed by atoms with Gasteiger partial charge in [0.05, 0.1) is 0 Å². The van der Waals surface area contributed by atoms with E-state index >= 15 is 0 Å². The molecule has 0 atom stereocenters. The van der Waals surface area contributed by atoms with Crippen LogP contribution in [0.4, 0.5) is 0 Å². The molecule has 0 aliphatic rings. The Hall–Kier alpha value is -1.32.